The molecule has 0 radical (unpaired) electrons. The van der Waals surface area contributed by atoms with E-state index in [2.05, 4.69) is 44.3 Å². The summed E-state index contributed by atoms with van der Waals surface area (Å²) in [5, 5.41) is 4.63. The maximum Gasteiger partial charge on any atom is 0.156 e. The van der Waals surface area contributed by atoms with E-state index in [0.717, 1.165) is 17.5 Å². The Balaban J connectivity index is 2.43. The smallest absolute Gasteiger partial charge is 0.156 e. The van der Waals surface area contributed by atoms with E-state index in [1.807, 2.05) is 23.5 Å². The molecule has 0 aromatic rings. The summed E-state index contributed by atoms with van der Waals surface area (Å²) in [6, 6.07) is 0.603. The van der Waals surface area contributed by atoms with Gasteiger partial charge in [0.25, 0.3) is 0 Å². The number of rotatable bonds is 4. The highest BCUT2D eigenvalue weighted by atomic mass is 32.2. The highest BCUT2D eigenvalue weighted by Crippen LogP contribution is 2.23. The van der Waals surface area contributed by atoms with Crippen LogP contribution in [0, 0.1) is 5.92 Å². The lowest BCUT2D eigenvalue weighted by Gasteiger charge is -2.19. The third kappa shape index (κ3) is 4.27. The van der Waals surface area contributed by atoms with Crippen LogP contribution in [0.4, 0.5) is 0 Å². The van der Waals surface area contributed by atoms with Crippen LogP contribution in [0.2, 0.25) is 0 Å². The van der Waals surface area contributed by atoms with Crippen molar-refractivity contribution < 1.29 is 0 Å². The van der Waals surface area contributed by atoms with Gasteiger partial charge in [-0.1, -0.05) is 25.6 Å². The fourth-order valence-electron chi connectivity index (χ4n) is 1.19. The van der Waals surface area contributed by atoms with Gasteiger partial charge in [-0.15, -0.1) is 0 Å². The Hall–Kier alpha value is 0.170. The number of hydrogen-bond donors (Lipinski definition) is 1. The van der Waals surface area contributed by atoms with Crippen molar-refractivity contribution in [2.45, 2.75) is 38.5 Å². The van der Waals surface area contributed by atoms with E-state index in [-0.39, 0.29) is 4.75 Å². The second kappa shape index (κ2) is 5.48. The van der Waals surface area contributed by atoms with Crippen molar-refractivity contribution in [3.63, 3.8) is 0 Å². The molecule has 0 amide bonds. The summed E-state index contributed by atoms with van der Waals surface area (Å²) >= 11 is 3.73. The number of aliphatic imine (C=N–C) groups is 1. The molecule has 1 atom stereocenters. The van der Waals surface area contributed by atoms with Crippen molar-refractivity contribution in [2.24, 2.45) is 10.9 Å². The molecule has 0 saturated carbocycles. The number of nitrogens with zero attached hydrogens (tertiary/aromatic N) is 1. The van der Waals surface area contributed by atoms with Gasteiger partial charge >= 0.3 is 0 Å². The molecule has 0 aliphatic carbocycles. The first-order valence-electron chi connectivity index (χ1n) is 5.43. The summed E-state index contributed by atoms with van der Waals surface area (Å²) in [6.07, 6.45) is 2.15. The molecule has 1 rings (SSSR count). The molecule has 1 heterocycles. The van der Waals surface area contributed by atoms with Gasteiger partial charge in [0, 0.05) is 16.5 Å². The molecular weight excluding hydrogens is 224 g/mol. The van der Waals surface area contributed by atoms with E-state index in [0.29, 0.717) is 12.0 Å². The summed E-state index contributed by atoms with van der Waals surface area (Å²) in [5.74, 6) is 1.86. The van der Waals surface area contributed by atoms with Crippen molar-refractivity contribution in [3.05, 3.63) is 0 Å². The SMILES string of the molecule is CSC(C)(C)CN=C1N[C@@H](C(C)C)CS1. The van der Waals surface area contributed by atoms with Crippen LogP contribution >= 0.6 is 23.5 Å². The third-order valence-electron chi connectivity index (χ3n) is 2.67. The quantitative estimate of drug-likeness (QED) is 0.825. The van der Waals surface area contributed by atoms with Crippen molar-refractivity contribution >= 4 is 28.7 Å². The summed E-state index contributed by atoms with van der Waals surface area (Å²) < 4.78 is 0.255. The molecule has 15 heavy (non-hydrogen) atoms. The lowest BCUT2D eigenvalue weighted by molar-refractivity contribution is 0.503. The van der Waals surface area contributed by atoms with Gasteiger partial charge in [-0.2, -0.15) is 11.8 Å². The minimum absolute atomic E-state index is 0.255. The molecule has 0 aromatic heterocycles. The molecule has 1 aliphatic heterocycles. The molecular formula is C11H22N2S2. The minimum atomic E-state index is 0.255. The van der Waals surface area contributed by atoms with Crippen molar-refractivity contribution in [2.75, 3.05) is 18.6 Å². The van der Waals surface area contributed by atoms with E-state index < -0.39 is 0 Å². The third-order valence-corrected chi connectivity index (χ3v) is 4.95. The van der Waals surface area contributed by atoms with Crippen LogP contribution in [0.5, 0.6) is 0 Å². The van der Waals surface area contributed by atoms with Crippen LogP contribution in [-0.4, -0.2) is 34.5 Å². The van der Waals surface area contributed by atoms with Gasteiger partial charge in [0.05, 0.1) is 6.54 Å². The van der Waals surface area contributed by atoms with Crippen LogP contribution in [0.3, 0.4) is 0 Å². The standard InChI is InChI=1S/C11H22N2S2/c1-8(2)9-6-15-10(13-9)12-7-11(3,4)14-5/h8-9H,6-7H2,1-5H3,(H,12,13)/t9-/m1/s1. The van der Waals surface area contributed by atoms with Gasteiger partial charge < -0.3 is 5.32 Å². The highest BCUT2D eigenvalue weighted by molar-refractivity contribution is 8.14. The molecule has 1 saturated heterocycles. The lowest BCUT2D eigenvalue weighted by atomic mass is 10.1. The zero-order valence-corrected chi connectivity index (χ0v) is 12.0. The normalized spacial score (nSPS) is 24.9. The fraction of sp³-hybridized carbons (Fsp3) is 0.909. The molecule has 0 spiro atoms. The Kier molecular flexibility index (Phi) is 4.84. The van der Waals surface area contributed by atoms with Crippen LogP contribution in [-0.2, 0) is 0 Å². The zero-order valence-electron chi connectivity index (χ0n) is 10.3. The van der Waals surface area contributed by atoms with E-state index in [9.17, 15) is 0 Å². The topological polar surface area (TPSA) is 24.4 Å². The molecule has 0 aromatic carbocycles. The summed E-state index contributed by atoms with van der Waals surface area (Å²) in [7, 11) is 0. The molecule has 1 aliphatic rings. The number of amidine groups is 1. The molecule has 0 unspecified atom stereocenters. The van der Waals surface area contributed by atoms with Gasteiger partial charge in [0.1, 0.15) is 0 Å². The second-order valence-corrected chi connectivity index (χ2v) is 7.41. The average Bonchev–Trinajstić information content (AvgIpc) is 2.63. The minimum Gasteiger partial charge on any atom is -0.361 e. The van der Waals surface area contributed by atoms with Crippen LogP contribution in [0.1, 0.15) is 27.7 Å². The Bertz CT molecular complexity index is 237. The Morgan fingerprint density at radius 3 is 2.73 bits per heavy atom. The first kappa shape index (κ1) is 13.2. The molecule has 88 valence electrons. The van der Waals surface area contributed by atoms with Crippen LogP contribution < -0.4 is 5.32 Å². The van der Waals surface area contributed by atoms with Gasteiger partial charge in [-0.25, -0.2) is 0 Å². The predicted molar refractivity (Wildman–Crippen MR) is 74.1 cm³/mol. The average molecular weight is 246 g/mol. The second-order valence-electron chi connectivity index (χ2n) is 4.89. The number of hydrogen-bond acceptors (Lipinski definition) is 3. The Morgan fingerprint density at radius 2 is 2.27 bits per heavy atom. The predicted octanol–water partition coefficient (Wildman–Crippen LogP) is 2.85. The van der Waals surface area contributed by atoms with E-state index in [4.69, 9.17) is 0 Å². The van der Waals surface area contributed by atoms with Gasteiger partial charge in [-0.05, 0) is 26.0 Å². The molecule has 0 bridgehead atoms. The van der Waals surface area contributed by atoms with E-state index >= 15 is 0 Å². The van der Waals surface area contributed by atoms with Crippen molar-refractivity contribution in [3.8, 4) is 0 Å². The van der Waals surface area contributed by atoms with E-state index in [1.165, 1.54) is 0 Å². The molecule has 2 nitrogen and oxygen atoms in total. The molecule has 1 N–H and O–H groups in total. The summed E-state index contributed by atoms with van der Waals surface area (Å²) in [6.45, 7) is 9.89. The maximum absolute atomic E-state index is 4.65. The van der Waals surface area contributed by atoms with Gasteiger partial charge in [0.15, 0.2) is 5.17 Å². The number of nitrogens with one attached hydrogen (secondary N) is 1. The fourth-order valence-corrected chi connectivity index (χ4v) is 2.58. The first-order valence-corrected chi connectivity index (χ1v) is 7.64. The molecule has 4 heteroatoms. The maximum atomic E-state index is 4.65. The highest BCUT2D eigenvalue weighted by Gasteiger charge is 2.23. The van der Waals surface area contributed by atoms with Crippen LogP contribution in [0.15, 0.2) is 4.99 Å². The van der Waals surface area contributed by atoms with Crippen molar-refractivity contribution in [1.29, 1.82) is 0 Å². The van der Waals surface area contributed by atoms with Gasteiger partial charge in [0.2, 0.25) is 0 Å². The first-order chi connectivity index (χ1) is 6.94. The largest absolute Gasteiger partial charge is 0.361 e. The Morgan fingerprint density at radius 1 is 1.60 bits per heavy atom. The lowest BCUT2D eigenvalue weighted by Crippen LogP contribution is -2.32. The molecule has 1 fully saturated rings. The van der Waals surface area contributed by atoms with Crippen molar-refractivity contribution in [1.82, 2.24) is 5.32 Å². The van der Waals surface area contributed by atoms with Gasteiger partial charge in [-0.3, -0.25) is 4.99 Å². The van der Waals surface area contributed by atoms with Crippen LogP contribution in [0.25, 0.3) is 0 Å². The Labute approximate surface area is 102 Å². The summed E-state index contributed by atoms with van der Waals surface area (Å²) in [4.78, 5) is 4.65. The van der Waals surface area contributed by atoms with E-state index in [1.54, 1.807) is 0 Å². The zero-order chi connectivity index (χ0) is 11.5. The number of thioether (sulfide) groups is 2. The summed E-state index contributed by atoms with van der Waals surface area (Å²) in [5.41, 5.74) is 0. The monoisotopic (exact) mass is 246 g/mol.